The van der Waals surface area contributed by atoms with Gasteiger partial charge in [-0.05, 0) is 57.9 Å². The van der Waals surface area contributed by atoms with Crippen molar-refractivity contribution in [3.8, 4) is 11.5 Å². The molecule has 0 spiro atoms. The van der Waals surface area contributed by atoms with Crippen LogP contribution in [0.4, 0.5) is 4.79 Å². The Hall–Kier alpha value is -2.44. The summed E-state index contributed by atoms with van der Waals surface area (Å²) in [6, 6.07) is 7.30. The van der Waals surface area contributed by atoms with Gasteiger partial charge in [-0.3, -0.25) is 4.79 Å². The van der Waals surface area contributed by atoms with Gasteiger partial charge in [-0.1, -0.05) is 0 Å². The summed E-state index contributed by atoms with van der Waals surface area (Å²) in [5.41, 5.74) is -0.505. The summed E-state index contributed by atoms with van der Waals surface area (Å²) >= 11 is 0. The Labute approximate surface area is 161 Å². The van der Waals surface area contributed by atoms with Crippen LogP contribution in [0, 0.1) is 5.92 Å². The fraction of sp³-hybridized carbons (Fsp3) is 0.600. The molecule has 1 N–H and O–H groups in total. The number of carbonyl (C=O) groups is 2. The van der Waals surface area contributed by atoms with Gasteiger partial charge in [-0.15, -0.1) is 0 Å². The van der Waals surface area contributed by atoms with Crippen molar-refractivity contribution in [1.82, 2.24) is 10.2 Å². The molecule has 27 heavy (non-hydrogen) atoms. The van der Waals surface area contributed by atoms with Gasteiger partial charge in [0.15, 0.2) is 0 Å². The number of nitrogens with zero attached hydrogens (tertiary/aromatic N) is 1. The van der Waals surface area contributed by atoms with Crippen LogP contribution < -0.4 is 14.8 Å². The number of hydrogen-bond acceptors (Lipinski definition) is 5. The van der Waals surface area contributed by atoms with Crippen molar-refractivity contribution in [3.05, 3.63) is 24.3 Å². The van der Waals surface area contributed by atoms with Crippen LogP contribution in [0.3, 0.4) is 0 Å². The maximum atomic E-state index is 12.3. The molecule has 1 aliphatic rings. The van der Waals surface area contributed by atoms with E-state index in [2.05, 4.69) is 5.32 Å². The monoisotopic (exact) mass is 378 g/mol. The summed E-state index contributed by atoms with van der Waals surface area (Å²) in [7, 11) is 1.61. The molecular weight excluding hydrogens is 348 g/mol. The smallest absolute Gasteiger partial charge is 0.410 e. The van der Waals surface area contributed by atoms with Gasteiger partial charge in [0.05, 0.1) is 13.7 Å². The average Bonchev–Trinajstić information content (AvgIpc) is 2.64. The van der Waals surface area contributed by atoms with Gasteiger partial charge in [0.25, 0.3) is 0 Å². The Kier molecular flexibility index (Phi) is 7.33. The van der Waals surface area contributed by atoms with E-state index in [0.717, 1.165) is 11.5 Å². The molecule has 0 aromatic heterocycles. The van der Waals surface area contributed by atoms with Crippen LogP contribution in [0.2, 0.25) is 0 Å². The fourth-order valence-electron chi connectivity index (χ4n) is 2.81. The van der Waals surface area contributed by atoms with Crippen molar-refractivity contribution in [2.45, 2.75) is 39.2 Å². The van der Waals surface area contributed by atoms with E-state index in [4.69, 9.17) is 14.2 Å². The molecule has 2 amide bonds. The zero-order valence-electron chi connectivity index (χ0n) is 16.6. The predicted molar refractivity (Wildman–Crippen MR) is 102 cm³/mol. The van der Waals surface area contributed by atoms with Gasteiger partial charge >= 0.3 is 6.09 Å². The van der Waals surface area contributed by atoms with E-state index in [9.17, 15) is 9.59 Å². The van der Waals surface area contributed by atoms with Crippen LogP contribution in [0.5, 0.6) is 11.5 Å². The standard InChI is InChI=1S/C20H30N2O5/c1-20(2,3)27-19(24)22-12-9-15(10-13-22)18(23)21-11-14-26-17-7-5-16(25-4)6-8-17/h5-8,15H,9-14H2,1-4H3,(H,21,23). The van der Waals surface area contributed by atoms with E-state index in [1.807, 2.05) is 45.0 Å². The third-order valence-electron chi connectivity index (χ3n) is 4.25. The van der Waals surface area contributed by atoms with E-state index in [1.165, 1.54) is 0 Å². The molecule has 1 saturated heterocycles. The maximum absolute atomic E-state index is 12.3. The molecular formula is C20H30N2O5. The molecule has 1 fully saturated rings. The van der Waals surface area contributed by atoms with Crippen molar-refractivity contribution in [2.75, 3.05) is 33.4 Å². The normalized spacial score (nSPS) is 15.2. The van der Waals surface area contributed by atoms with Crippen molar-refractivity contribution in [1.29, 1.82) is 0 Å². The van der Waals surface area contributed by atoms with Gasteiger partial charge in [0, 0.05) is 19.0 Å². The summed E-state index contributed by atoms with van der Waals surface area (Å²) < 4.78 is 16.1. The zero-order chi connectivity index (χ0) is 19.9. The first-order valence-corrected chi connectivity index (χ1v) is 9.31. The second kappa shape index (κ2) is 9.48. The Morgan fingerprint density at radius 1 is 1.11 bits per heavy atom. The number of ether oxygens (including phenoxy) is 3. The minimum absolute atomic E-state index is 0.0113. The molecule has 1 aromatic carbocycles. The van der Waals surface area contributed by atoms with Gasteiger partial charge in [-0.2, -0.15) is 0 Å². The number of nitrogens with one attached hydrogen (secondary N) is 1. The molecule has 7 heteroatoms. The van der Waals surface area contributed by atoms with Gasteiger partial charge in [0.1, 0.15) is 23.7 Å². The second-order valence-electron chi connectivity index (χ2n) is 7.56. The third-order valence-corrected chi connectivity index (χ3v) is 4.25. The van der Waals surface area contributed by atoms with Crippen molar-refractivity contribution in [3.63, 3.8) is 0 Å². The number of piperidine rings is 1. The number of benzene rings is 1. The van der Waals surface area contributed by atoms with Crippen LogP contribution in [-0.2, 0) is 9.53 Å². The highest BCUT2D eigenvalue weighted by Gasteiger charge is 2.29. The summed E-state index contributed by atoms with van der Waals surface area (Å²) in [5, 5.41) is 2.90. The van der Waals surface area contributed by atoms with Crippen molar-refractivity contribution in [2.24, 2.45) is 5.92 Å². The predicted octanol–water partition coefficient (Wildman–Crippen LogP) is 2.84. The number of methoxy groups -OCH3 is 1. The minimum atomic E-state index is -0.505. The molecule has 2 rings (SSSR count). The summed E-state index contributed by atoms with van der Waals surface area (Å²) in [6.45, 7) is 7.45. The summed E-state index contributed by atoms with van der Waals surface area (Å²) in [5.74, 6) is 1.44. The lowest BCUT2D eigenvalue weighted by Crippen LogP contribution is -2.45. The zero-order valence-corrected chi connectivity index (χ0v) is 16.6. The lowest BCUT2D eigenvalue weighted by Gasteiger charge is -2.32. The number of amides is 2. The molecule has 0 unspecified atom stereocenters. The molecule has 0 aliphatic carbocycles. The third kappa shape index (κ3) is 7.00. The highest BCUT2D eigenvalue weighted by Crippen LogP contribution is 2.20. The lowest BCUT2D eigenvalue weighted by atomic mass is 9.96. The first kappa shape index (κ1) is 20.9. The highest BCUT2D eigenvalue weighted by molar-refractivity contribution is 5.79. The Morgan fingerprint density at radius 3 is 2.26 bits per heavy atom. The summed E-state index contributed by atoms with van der Waals surface area (Å²) in [4.78, 5) is 26.0. The minimum Gasteiger partial charge on any atom is -0.497 e. The molecule has 7 nitrogen and oxygen atoms in total. The van der Waals surface area contributed by atoms with Crippen LogP contribution in [0.25, 0.3) is 0 Å². The number of rotatable bonds is 6. The highest BCUT2D eigenvalue weighted by atomic mass is 16.6. The molecule has 1 aromatic rings. The van der Waals surface area contributed by atoms with E-state index in [-0.39, 0.29) is 17.9 Å². The first-order chi connectivity index (χ1) is 12.8. The van der Waals surface area contributed by atoms with E-state index >= 15 is 0 Å². The molecule has 1 heterocycles. The van der Waals surface area contributed by atoms with Crippen LogP contribution in [0.15, 0.2) is 24.3 Å². The topological polar surface area (TPSA) is 77.1 Å². The van der Waals surface area contributed by atoms with Crippen molar-refractivity contribution < 1.29 is 23.8 Å². The van der Waals surface area contributed by atoms with Gasteiger partial charge in [-0.25, -0.2) is 4.79 Å². The largest absolute Gasteiger partial charge is 0.497 e. The number of hydrogen-bond donors (Lipinski definition) is 1. The Morgan fingerprint density at radius 2 is 1.70 bits per heavy atom. The summed E-state index contributed by atoms with van der Waals surface area (Å²) in [6.07, 6.45) is 0.976. The van der Waals surface area contributed by atoms with E-state index in [1.54, 1.807) is 12.0 Å². The molecule has 0 radical (unpaired) electrons. The number of carbonyl (C=O) groups excluding carboxylic acids is 2. The second-order valence-corrected chi connectivity index (χ2v) is 7.56. The molecule has 0 saturated carbocycles. The number of likely N-dealkylation sites (tertiary alicyclic amines) is 1. The SMILES string of the molecule is COc1ccc(OCCNC(=O)C2CCN(C(=O)OC(C)(C)C)CC2)cc1. The molecule has 0 atom stereocenters. The van der Waals surface area contributed by atoms with Crippen LogP contribution in [0.1, 0.15) is 33.6 Å². The molecule has 150 valence electrons. The van der Waals surface area contributed by atoms with Gasteiger partial charge < -0.3 is 24.4 Å². The first-order valence-electron chi connectivity index (χ1n) is 9.31. The Bertz CT molecular complexity index is 616. The fourth-order valence-corrected chi connectivity index (χ4v) is 2.81. The van der Waals surface area contributed by atoms with Crippen LogP contribution >= 0.6 is 0 Å². The van der Waals surface area contributed by atoms with Crippen LogP contribution in [-0.4, -0.2) is 55.9 Å². The van der Waals surface area contributed by atoms with Crippen molar-refractivity contribution >= 4 is 12.0 Å². The molecule has 0 bridgehead atoms. The maximum Gasteiger partial charge on any atom is 0.410 e. The average molecular weight is 378 g/mol. The quantitative estimate of drug-likeness (QED) is 0.770. The van der Waals surface area contributed by atoms with E-state index < -0.39 is 5.60 Å². The Balaban J connectivity index is 1.65. The van der Waals surface area contributed by atoms with E-state index in [0.29, 0.717) is 39.1 Å². The van der Waals surface area contributed by atoms with Gasteiger partial charge in [0.2, 0.25) is 5.91 Å². The molecule has 1 aliphatic heterocycles. The lowest BCUT2D eigenvalue weighted by molar-refractivity contribution is -0.126.